The Balaban J connectivity index is 1.50. The van der Waals surface area contributed by atoms with Gasteiger partial charge in [0.2, 0.25) is 0 Å². The van der Waals surface area contributed by atoms with Crippen LogP contribution >= 0.6 is 0 Å². The molecule has 1 saturated heterocycles. The molecule has 3 rings (SSSR count). The summed E-state index contributed by atoms with van der Waals surface area (Å²) in [4.78, 5) is 17.0. The van der Waals surface area contributed by atoms with E-state index in [1.54, 1.807) is 0 Å². The van der Waals surface area contributed by atoms with Crippen molar-refractivity contribution >= 4 is 11.6 Å². The minimum Gasteiger partial charge on any atom is -0.494 e. The molecule has 0 aromatic heterocycles. The van der Waals surface area contributed by atoms with Crippen LogP contribution in [0, 0.1) is 0 Å². The normalized spacial score (nSPS) is 14.3. The molecule has 1 heterocycles. The first-order valence-corrected chi connectivity index (χ1v) is 9.60. The molecule has 0 aliphatic carbocycles. The third-order valence-electron chi connectivity index (χ3n) is 4.81. The second-order valence-corrected chi connectivity index (χ2v) is 6.69. The number of rotatable bonds is 7. The second kappa shape index (κ2) is 9.27. The van der Waals surface area contributed by atoms with Gasteiger partial charge in [0, 0.05) is 37.4 Å². The number of nitrogens with zero attached hydrogens (tertiary/aromatic N) is 2. The highest BCUT2D eigenvalue weighted by atomic mass is 16.5. The quantitative estimate of drug-likeness (QED) is 0.700. The molecule has 0 atom stereocenters. The predicted molar refractivity (Wildman–Crippen MR) is 106 cm³/mol. The van der Waals surface area contributed by atoms with E-state index >= 15 is 0 Å². The Morgan fingerprint density at radius 2 is 1.62 bits per heavy atom. The molecule has 0 saturated carbocycles. The number of amides is 1. The van der Waals surface area contributed by atoms with Gasteiger partial charge in [-0.2, -0.15) is 0 Å². The molecule has 0 bridgehead atoms. The van der Waals surface area contributed by atoms with Crippen LogP contribution in [0.3, 0.4) is 0 Å². The minimum absolute atomic E-state index is 0.107. The van der Waals surface area contributed by atoms with E-state index in [0.29, 0.717) is 0 Å². The van der Waals surface area contributed by atoms with E-state index in [2.05, 4.69) is 36.1 Å². The Hall–Kier alpha value is -2.49. The van der Waals surface area contributed by atoms with Gasteiger partial charge in [-0.1, -0.05) is 38.0 Å². The zero-order valence-electron chi connectivity index (χ0n) is 15.6. The van der Waals surface area contributed by atoms with Crippen molar-refractivity contribution in [3.63, 3.8) is 0 Å². The lowest BCUT2D eigenvalue weighted by Crippen LogP contribution is -2.48. The summed E-state index contributed by atoms with van der Waals surface area (Å²) in [7, 11) is 0. The molecule has 1 aliphatic heterocycles. The smallest absolute Gasteiger partial charge is 0.253 e. The Morgan fingerprint density at radius 3 is 2.27 bits per heavy atom. The van der Waals surface area contributed by atoms with Crippen molar-refractivity contribution in [2.75, 3.05) is 37.7 Å². The highest BCUT2D eigenvalue weighted by Gasteiger charge is 2.22. The summed E-state index contributed by atoms with van der Waals surface area (Å²) in [6.45, 7) is 6.16. The SMILES string of the molecule is CCCCCOc1ccc(C(=O)N2CCN(c3ccccc3)CC2)cc1. The van der Waals surface area contributed by atoms with Crippen LogP contribution in [-0.4, -0.2) is 43.6 Å². The third kappa shape index (κ3) is 4.78. The number of carbonyl (C=O) groups excluding carboxylic acids is 1. The lowest BCUT2D eigenvalue weighted by atomic mass is 10.1. The molecule has 138 valence electrons. The fourth-order valence-corrected chi connectivity index (χ4v) is 3.22. The first kappa shape index (κ1) is 18.3. The molecule has 0 spiro atoms. The number of para-hydroxylation sites is 1. The largest absolute Gasteiger partial charge is 0.494 e. The molecular formula is C22H28N2O2. The summed E-state index contributed by atoms with van der Waals surface area (Å²) >= 11 is 0. The zero-order valence-corrected chi connectivity index (χ0v) is 15.6. The number of carbonyl (C=O) groups is 1. The van der Waals surface area contributed by atoms with Crippen molar-refractivity contribution in [1.82, 2.24) is 4.90 Å². The molecule has 1 aliphatic rings. The maximum absolute atomic E-state index is 12.7. The average Bonchev–Trinajstić information content (AvgIpc) is 2.72. The Labute approximate surface area is 156 Å². The standard InChI is InChI=1S/C22H28N2O2/c1-2-3-7-18-26-21-12-10-19(11-13-21)22(25)24-16-14-23(15-17-24)20-8-5-4-6-9-20/h4-6,8-13H,2-3,7,14-18H2,1H3. The van der Waals surface area contributed by atoms with Crippen LogP contribution in [-0.2, 0) is 0 Å². The zero-order chi connectivity index (χ0) is 18.2. The van der Waals surface area contributed by atoms with Gasteiger partial charge in [-0.05, 0) is 42.8 Å². The number of unbranched alkanes of at least 4 members (excludes halogenated alkanes) is 2. The summed E-state index contributed by atoms with van der Waals surface area (Å²) < 4.78 is 5.72. The third-order valence-corrected chi connectivity index (χ3v) is 4.81. The Bertz CT molecular complexity index is 677. The molecule has 0 N–H and O–H groups in total. The number of ether oxygens (including phenoxy) is 1. The van der Waals surface area contributed by atoms with Crippen LogP contribution in [0.15, 0.2) is 54.6 Å². The van der Waals surface area contributed by atoms with Gasteiger partial charge in [0.15, 0.2) is 0 Å². The summed E-state index contributed by atoms with van der Waals surface area (Å²) in [5.74, 6) is 0.946. The van der Waals surface area contributed by atoms with Gasteiger partial charge in [0.05, 0.1) is 6.61 Å². The average molecular weight is 352 g/mol. The molecule has 2 aromatic carbocycles. The van der Waals surface area contributed by atoms with Crippen LogP contribution in [0.1, 0.15) is 36.5 Å². The number of hydrogen-bond acceptors (Lipinski definition) is 3. The lowest BCUT2D eigenvalue weighted by Gasteiger charge is -2.36. The van der Waals surface area contributed by atoms with Gasteiger partial charge < -0.3 is 14.5 Å². The van der Waals surface area contributed by atoms with E-state index < -0.39 is 0 Å². The van der Waals surface area contributed by atoms with Crippen LogP contribution < -0.4 is 9.64 Å². The van der Waals surface area contributed by atoms with Crippen molar-refractivity contribution in [2.24, 2.45) is 0 Å². The fourth-order valence-electron chi connectivity index (χ4n) is 3.22. The molecule has 1 fully saturated rings. The second-order valence-electron chi connectivity index (χ2n) is 6.69. The molecular weight excluding hydrogens is 324 g/mol. The van der Waals surface area contributed by atoms with Gasteiger partial charge in [-0.25, -0.2) is 0 Å². The van der Waals surface area contributed by atoms with Crippen LogP contribution in [0.5, 0.6) is 5.75 Å². The van der Waals surface area contributed by atoms with Gasteiger partial charge in [-0.15, -0.1) is 0 Å². The summed E-state index contributed by atoms with van der Waals surface area (Å²) in [5, 5.41) is 0. The number of benzene rings is 2. The van der Waals surface area contributed by atoms with Crippen LogP contribution in [0.25, 0.3) is 0 Å². The monoisotopic (exact) mass is 352 g/mol. The van der Waals surface area contributed by atoms with Gasteiger partial charge >= 0.3 is 0 Å². The van der Waals surface area contributed by atoms with Gasteiger partial charge in [0.25, 0.3) is 5.91 Å². The molecule has 26 heavy (non-hydrogen) atoms. The van der Waals surface area contributed by atoms with E-state index in [4.69, 9.17) is 4.74 Å². The van der Waals surface area contributed by atoms with Crippen molar-refractivity contribution < 1.29 is 9.53 Å². The van der Waals surface area contributed by atoms with E-state index in [1.165, 1.54) is 18.5 Å². The Morgan fingerprint density at radius 1 is 0.923 bits per heavy atom. The maximum atomic E-state index is 12.7. The van der Waals surface area contributed by atoms with E-state index in [-0.39, 0.29) is 5.91 Å². The van der Waals surface area contributed by atoms with Crippen molar-refractivity contribution in [3.8, 4) is 5.75 Å². The number of hydrogen-bond donors (Lipinski definition) is 0. The van der Waals surface area contributed by atoms with Crippen molar-refractivity contribution in [3.05, 3.63) is 60.2 Å². The van der Waals surface area contributed by atoms with E-state index in [1.807, 2.05) is 35.2 Å². The van der Waals surface area contributed by atoms with Gasteiger partial charge in [0.1, 0.15) is 5.75 Å². The molecule has 0 unspecified atom stereocenters. The highest BCUT2D eigenvalue weighted by molar-refractivity contribution is 5.94. The highest BCUT2D eigenvalue weighted by Crippen LogP contribution is 2.18. The number of piperazine rings is 1. The predicted octanol–water partition coefficient (Wildman–Crippen LogP) is 4.22. The van der Waals surface area contributed by atoms with E-state index in [9.17, 15) is 4.79 Å². The van der Waals surface area contributed by atoms with E-state index in [0.717, 1.165) is 50.5 Å². The maximum Gasteiger partial charge on any atom is 0.253 e. The minimum atomic E-state index is 0.107. The topological polar surface area (TPSA) is 32.8 Å². The van der Waals surface area contributed by atoms with Crippen LogP contribution in [0.4, 0.5) is 5.69 Å². The summed E-state index contributed by atoms with van der Waals surface area (Å²) in [6, 6.07) is 17.9. The molecule has 0 radical (unpaired) electrons. The summed E-state index contributed by atoms with van der Waals surface area (Å²) in [6.07, 6.45) is 3.45. The summed E-state index contributed by atoms with van der Waals surface area (Å²) in [5.41, 5.74) is 1.96. The molecule has 2 aromatic rings. The molecule has 1 amide bonds. The fraction of sp³-hybridized carbons (Fsp3) is 0.409. The van der Waals surface area contributed by atoms with Gasteiger partial charge in [-0.3, -0.25) is 4.79 Å². The first-order chi connectivity index (χ1) is 12.8. The van der Waals surface area contributed by atoms with Crippen LogP contribution in [0.2, 0.25) is 0 Å². The first-order valence-electron chi connectivity index (χ1n) is 9.60. The molecule has 4 heteroatoms. The number of anilines is 1. The molecule has 4 nitrogen and oxygen atoms in total. The lowest BCUT2D eigenvalue weighted by molar-refractivity contribution is 0.0746. The Kier molecular flexibility index (Phi) is 6.53. The van der Waals surface area contributed by atoms with Crippen molar-refractivity contribution in [1.29, 1.82) is 0 Å². The van der Waals surface area contributed by atoms with Crippen molar-refractivity contribution in [2.45, 2.75) is 26.2 Å².